The predicted octanol–water partition coefficient (Wildman–Crippen LogP) is 1.59. The molecule has 292 valence electrons. The van der Waals surface area contributed by atoms with Crippen LogP contribution in [0.5, 0.6) is 0 Å². The van der Waals surface area contributed by atoms with Crippen LogP contribution in [0.25, 0.3) is 0 Å². The van der Waals surface area contributed by atoms with E-state index in [1.807, 2.05) is 6.92 Å². The van der Waals surface area contributed by atoms with Crippen LogP contribution in [0.3, 0.4) is 0 Å². The van der Waals surface area contributed by atoms with Crippen LogP contribution in [-0.4, -0.2) is 115 Å². The van der Waals surface area contributed by atoms with Crippen LogP contribution in [0.1, 0.15) is 110 Å². The molecule has 0 aromatic rings. The molecule has 0 saturated carbocycles. The Bertz CT molecular complexity index is 880. The fourth-order valence-corrected chi connectivity index (χ4v) is 4.80. The van der Waals surface area contributed by atoms with Crippen molar-refractivity contribution in [3.8, 4) is 0 Å². The zero-order chi connectivity index (χ0) is 37.1. The first-order chi connectivity index (χ1) is 24.2. The number of methoxy groups -OCH3 is 1. The van der Waals surface area contributed by atoms with Gasteiger partial charge in [-0.25, -0.2) is 0 Å². The van der Waals surface area contributed by atoms with Gasteiger partial charge in [0.05, 0.1) is 46.8 Å². The number of nitrogens with one attached hydrogen (secondary N) is 4. The van der Waals surface area contributed by atoms with Gasteiger partial charge in [0.1, 0.15) is 5.54 Å². The molecule has 0 atom stereocenters. The second-order valence-corrected chi connectivity index (χ2v) is 12.5. The molecule has 0 aliphatic carbocycles. The first-order valence-corrected chi connectivity index (χ1v) is 18.5. The highest BCUT2D eigenvalue weighted by molar-refractivity contribution is 5.77. The van der Waals surface area contributed by atoms with Gasteiger partial charge in [-0.3, -0.25) is 24.0 Å². The van der Waals surface area contributed by atoms with Crippen LogP contribution < -0.4 is 32.7 Å². The molecule has 0 saturated heterocycles. The van der Waals surface area contributed by atoms with Crippen LogP contribution in [0.15, 0.2) is 0 Å². The third-order valence-electron chi connectivity index (χ3n) is 7.70. The molecule has 0 rings (SSSR count). The minimum absolute atomic E-state index is 0.00116. The Morgan fingerprint density at radius 3 is 1.32 bits per heavy atom. The van der Waals surface area contributed by atoms with Crippen molar-refractivity contribution in [1.29, 1.82) is 0 Å². The number of nitrogens with two attached hydrogens (primary N) is 2. The van der Waals surface area contributed by atoms with Crippen molar-refractivity contribution in [1.82, 2.24) is 21.3 Å². The number of unbranched alkanes of at least 4 members (excludes halogenated alkanes) is 7. The Hall–Kier alpha value is -2.85. The predicted molar refractivity (Wildman–Crippen MR) is 192 cm³/mol. The number of rotatable bonds is 35. The van der Waals surface area contributed by atoms with Crippen molar-refractivity contribution in [3.63, 3.8) is 0 Å². The van der Waals surface area contributed by atoms with Gasteiger partial charge < -0.3 is 51.7 Å². The van der Waals surface area contributed by atoms with Crippen molar-refractivity contribution in [2.75, 3.05) is 79.5 Å². The van der Waals surface area contributed by atoms with Gasteiger partial charge in [0.25, 0.3) is 0 Å². The van der Waals surface area contributed by atoms with E-state index in [-0.39, 0.29) is 88.5 Å². The van der Waals surface area contributed by atoms with E-state index in [1.165, 1.54) is 7.11 Å². The summed E-state index contributed by atoms with van der Waals surface area (Å²) in [6, 6.07) is 0. The van der Waals surface area contributed by atoms with Gasteiger partial charge in [-0.2, -0.15) is 0 Å². The standard InChI is InChI=1S/C35H68N6O9/c1-3-21-38-30(42)16-24-48-27-35(28-49-25-17-31(43)39-22-12-19-36,29-50-26-18-32(44)40-23-13-20-37)41-33(45)14-10-8-6-4-5-7-9-11-15-34(46)47-2/h3-29,36-37H2,1-2H3,(H,38,42)(H,39,43)(H,40,44)(H,41,45). The van der Waals surface area contributed by atoms with Gasteiger partial charge in [-0.05, 0) is 45.2 Å². The lowest BCUT2D eigenvalue weighted by atomic mass is 10.0. The number of amides is 4. The smallest absolute Gasteiger partial charge is 0.305 e. The van der Waals surface area contributed by atoms with Crippen LogP contribution in [0.4, 0.5) is 0 Å². The lowest BCUT2D eigenvalue weighted by Crippen LogP contribution is -2.58. The SMILES string of the molecule is CCCNC(=O)CCOCC(COCCC(=O)NCCCN)(COCCC(=O)NCCCN)NC(=O)CCCCCCCCCCC(=O)OC. The topological polar surface area (TPSA) is 222 Å². The van der Waals surface area contributed by atoms with Crippen molar-refractivity contribution in [3.05, 3.63) is 0 Å². The summed E-state index contributed by atoms with van der Waals surface area (Å²) in [6.07, 6.45) is 11.0. The lowest BCUT2D eigenvalue weighted by molar-refractivity contribution is -0.140. The van der Waals surface area contributed by atoms with Crippen LogP contribution >= 0.6 is 0 Å². The molecule has 0 unspecified atom stereocenters. The molecule has 0 bridgehead atoms. The third kappa shape index (κ3) is 28.9. The van der Waals surface area contributed by atoms with Crippen LogP contribution in [0, 0.1) is 0 Å². The van der Waals surface area contributed by atoms with Gasteiger partial charge in [0, 0.05) is 51.7 Å². The number of ether oxygens (including phenoxy) is 4. The molecule has 0 aliphatic rings. The number of esters is 1. The van der Waals surface area contributed by atoms with Crippen LogP contribution in [0.2, 0.25) is 0 Å². The molecule has 0 aromatic heterocycles. The summed E-state index contributed by atoms with van der Waals surface area (Å²) in [7, 11) is 1.40. The Morgan fingerprint density at radius 1 is 0.520 bits per heavy atom. The zero-order valence-corrected chi connectivity index (χ0v) is 30.9. The third-order valence-corrected chi connectivity index (χ3v) is 7.70. The fraction of sp³-hybridized carbons (Fsp3) is 0.857. The van der Waals surface area contributed by atoms with E-state index in [1.54, 1.807) is 0 Å². The molecule has 0 radical (unpaired) electrons. The quantitative estimate of drug-likeness (QED) is 0.0408. The van der Waals surface area contributed by atoms with E-state index in [0.717, 1.165) is 51.4 Å². The second-order valence-electron chi connectivity index (χ2n) is 12.5. The Morgan fingerprint density at radius 2 is 0.920 bits per heavy atom. The average Bonchev–Trinajstić information content (AvgIpc) is 3.10. The van der Waals surface area contributed by atoms with Crippen molar-refractivity contribution in [2.24, 2.45) is 11.5 Å². The maximum Gasteiger partial charge on any atom is 0.305 e. The Kier molecular flexibility index (Phi) is 31.4. The first-order valence-electron chi connectivity index (χ1n) is 18.5. The molecule has 8 N–H and O–H groups in total. The minimum Gasteiger partial charge on any atom is -0.469 e. The number of carbonyl (C=O) groups is 5. The number of carbonyl (C=O) groups excluding carboxylic acids is 5. The first kappa shape index (κ1) is 47.1. The normalized spacial score (nSPS) is 11.2. The molecule has 4 amide bonds. The Balaban J connectivity index is 5.23. The van der Waals surface area contributed by atoms with Crippen LogP contribution in [-0.2, 0) is 42.9 Å². The highest BCUT2D eigenvalue weighted by atomic mass is 16.5. The van der Waals surface area contributed by atoms with Crippen molar-refractivity contribution >= 4 is 29.6 Å². The largest absolute Gasteiger partial charge is 0.469 e. The highest BCUT2D eigenvalue weighted by Crippen LogP contribution is 2.14. The second kappa shape index (κ2) is 33.3. The molecule has 0 aromatic carbocycles. The average molecular weight is 717 g/mol. The van der Waals surface area contributed by atoms with Gasteiger partial charge in [-0.15, -0.1) is 0 Å². The van der Waals surface area contributed by atoms with Crippen molar-refractivity contribution < 1.29 is 42.9 Å². The van der Waals surface area contributed by atoms with E-state index < -0.39 is 5.54 Å². The maximum atomic E-state index is 13.3. The van der Waals surface area contributed by atoms with Gasteiger partial charge in [0.2, 0.25) is 23.6 Å². The molecule has 50 heavy (non-hydrogen) atoms. The molecule has 0 aliphatic heterocycles. The zero-order valence-electron chi connectivity index (χ0n) is 30.9. The summed E-state index contributed by atoms with van der Waals surface area (Å²) in [5, 5.41) is 11.5. The summed E-state index contributed by atoms with van der Waals surface area (Å²) in [4.78, 5) is 61.0. The highest BCUT2D eigenvalue weighted by Gasteiger charge is 2.34. The van der Waals surface area contributed by atoms with E-state index in [9.17, 15) is 24.0 Å². The lowest BCUT2D eigenvalue weighted by Gasteiger charge is -2.34. The molecule has 0 heterocycles. The van der Waals surface area contributed by atoms with E-state index in [4.69, 9.17) is 25.7 Å². The number of hydrogen-bond acceptors (Lipinski definition) is 11. The summed E-state index contributed by atoms with van der Waals surface area (Å²) >= 11 is 0. The van der Waals surface area contributed by atoms with E-state index in [0.29, 0.717) is 64.8 Å². The maximum absolute atomic E-state index is 13.3. The number of hydrogen-bond donors (Lipinski definition) is 6. The Labute approximate surface area is 299 Å². The van der Waals surface area contributed by atoms with E-state index in [2.05, 4.69) is 26.0 Å². The summed E-state index contributed by atoms with van der Waals surface area (Å²) in [6.45, 7) is 4.82. The minimum atomic E-state index is -1.12. The molecular formula is C35H68N6O9. The fourth-order valence-electron chi connectivity index (χ4n) is 4.80. The van der Waals surface area contributed by atoms with E-state index >= 15 is 0 Å². The molecule has 15 nitrogen and oxygen atoms in total. The molecule has 15 heteroatoms. The van der Waals surface area contributed by atoms with Gasteiger partial charge in [-0.1, -0.05) is 45.4 Å². The summed E-state index contributed by atoms with van der Waals surface area (Å²) in [5.74, 6) is -0.824. The molecular weight excluding hydrogens is 648 g/mol. The summed E-state index contributed by atoms with van der Waals surface area (Å²) < 4.78 is 22.4. The summed E-state index contributed by atoms with van der Waals surface area (Å²) in [5.41, 5.74) is 9.87. The van der Waals surface area contributed by atoms with Crippen molar-refractivity contribution in [2.45, 2.75) is 115 Å². The monoisotopic (exact) mass is 717 g/mol. The van der Waals surface area contributed by atoms with Gasteiger partial charge in [0.15, 0.2) is 0 Å². The van der Waals surface area contributed by atoms with Gasteiger partial charge >= 0.3 is 5.97 Å². The molecule has 0 spiro atoms. The molecule has 0 fully saturated rings.